The minimum Gasteiger partial charge on any atom is -0.496 e. The van der Waals surface area contributed by atoms with Gasteiger partial charge in [0.15, 0.2) is 5.82 Å². The molecule has 0 atom stereocenters. The van der Waals surface area contributed by atoms with E-state index in [-0.39, 0.29) is 12.3 Å². The number of anilines is 1. The molecule has 174 valence electrons. The van der Waals surface area contributed by atoms with Crippen molar-refractivity contribution in [3.05, 3.63) is 82.9 Å². The maximum atomic E-state index is 12.5. The van der Waals surface area contributed by atoms with Gasteiger partial charge in [-0.2, -0.15) is 10.1 Å². The molecule has 2 aromatic heterocycles. The van der Waals surface area contributed by atoms with Gasteiger partial charge in [-0.25, -0.2) is 9.67 Å². The molecule has 0 spiro atoms. The summed E-state index contributed by atoms with van der Waals surface area (Å²) >= 11 is 0. The van der Waals surface area contributed by atoms with Gasteiger partial charge in [-0.15, -0.1) is 0 Å². The largest absolute Gasteiger partial charge is 0.496 e. The van der Waals surface area contributed by atoms with Crippen LogP contribution in [0.4, 0.5) is 5.69 Å². The Bertz CT molecular complexity index is 1330. The number of benzene rings is 2. The summed E-state index contributed by atoms with van der Waals surface area (Å²) in [7, 11) is 1.63. The number of amides is 1. The third kappa shape index (κ3) is 5.40. The molecule has 34 heavy (non-hydrogen) atoms. The molecule has 0 saturated heterocycles. The first-order chi connectivity index (χ1) is 16.3. The number of nitrogens with zero attached hydrogens (tertiary/aromatic N) is 4. The second-order valence-corrected chi connectivity index (χ2v) is 8.11. The molecule has 1 N–H and O–H groups in total. The summed E-state index contributed by atoms with van der Waals surface area (Å²) in [5.74, 6) is 2.95. The van der Waals surface area contributed by atoms with Crippen molar-refractivity contribution < 1.29 is 14.3 Å². The molecule has 0 aliphatic carbocycles. The van der Waals surface area contributed by atoms with E-state index in [4.69, 9.17) is 9.47 Å². The van der Waals surface area contributed by atoms with E-state index in [9.17, 15) is 4.79 Å². The number of rotatable bonds is 7. The number of carbonyl (C=O) groups is 1. The van der Waals surface area contributed by atoms with Crippen LogP contribution in [0.5, 0.6) is 17.4 Å². The summed E-state index contributed by atoms with van der Waals surface area (Å²) in [6, 6.07) is 16.6. The van der Waals surface area contributed by atoms with E-state index in [1.165, 1.54) is 0 Å². The summed E-state index contributed by atoms with van der Waals surface area (Å²) in [6.07, 6.45) is 0.276. The minimum absolute atomic E-state index is 0.0980. The van der Waals surface area contributed by atoms with Gasteiger partial charge in [0.25, 0.3) is 0 Å². The van der Waals surface area contributed by atoms with E-state index in [1.807, 2.05) is 52.0 Å². The number of hydrogen-bond acceptors (Lipinski definition) is 6. The molecule has 0 unspecified atom stereocenters. The first-order valence-electron chi connectivity index (χ1n) is 10.9. The van der Waals surface area contributed by atoms with E-state index >= 15 is 0 Å². The highest BCUT2D eigenvalue weighted by Gasteiger charge is 2.11. The number of ether oxygens (including phenoxy) is 2. The van der Waals surface area contributed by atoms with Gasteiger partial charge >= 0.3 is 0 Å². The number of aromatic nitrogens is 4. The fraction of sp³-hybridized carbons (Fsp3) is 0.231. The first-order valence-corrected chi connectivity index (χ1v) is 10.9. The highest BCUT2D eigenvalue weighted by Crippen LogP contribution is 2.24. The van der Waals surface area contributed by atoms with Gasteiger partial charge in [0.05, 0.1) is 19.2 Å². The lowest BCUT2D eigenvalue weighted by Crippen LogP contribution is -2.14. The molecule has 0 radical (unpaired) electrons. The lowest BCUT2D eigenvalue weighted by atomic mass is 10.1. The van der Waals surface area contributed by atoms with Crippen molar-refractivity contribution in [1.82, 2.24) is 19.7 Å². The molecule has 1 amide bonds. The third-order valence-electron chi connectivity index (χ3n) is 5.21. The Morgan fingerprint density at radius 2 is 1.74 bits per heavy atom. The Hall–Kier alpha value is -4.20. The van der Waals surface area contributed by atoms with Crippen LogP contribution in [-0.2, 0) is 11.2 Å². The SMILES string of the molecule is COc1ccc(CC(=O)Nc2ccc(Oc3cc(-n4nc(C)cc4C)nc(C)n3)cc2)cc1C. The second-order valence-electron chi connectivity index (χ2n) is 8.11. The van der Waals surface area contributed by atoms with Gasteiger partial charge < -0.3 is 14.8 Å². The predicted molar refractivity (Wildman–Crippen MR) is 130 cm³/mol. The molecule has 0 saturated carbocycles. The van der Waals surface area contributed by atoms with Crippen LogP contribution in [0.3, 0.4) is 0 Å². The van der Waals surface area contributed by atoms with Crippen LogP contribution in [0.1, 0.15) is 28.3 Å². The molecular formula is C26H27N5O3. The van der Waals surface area contributed by atoms with E-state index in [2.05, 4.69) is 20.4 Å². The lowest BCUT2D eigenvalue weighted by Gasteiger charge is -2.10. The van der Waals surface area contributed by atoms with Crippen LogP contribution in [0, 0.1) is 27.7 Å². The van der Waals surface area contributed by atoms with Crippen molar-refractivity contribution in [1.29, 1.82) is 0 Å². The summed E-state index contributed by atoms with van der Waals surface area (Å²) < 4.78 is 13.0. The molecule has 0 fully saturated rings. The molecule has 0 aliphatic rings. The average Bonchev–Trinajstić information content (AvgIpc) is 3.13. The summed E-state index contributed by atoms with van der Waals surface area (Å²) in [5.41, 5.74) is 4.50. The zero-order valence-corrected chi connectivity index (χ0v) is 19.9. The van der Waals surface area contributed by atoms with Gasteiger partial charge in [-0.3, -0.25) is 4.79 Å². The Labute approximate surface area is 198 Å². The quantitative estimate of drug-likeness (QED) is 0.425. The molecule has 2 aromatic carbocycles. The van der Waals surface area contributed by atoms with Crippen LogP contribution < -0.4 is 14.8 Å². The Balaban J connectivity index is 1.41. The van der Waals surface area contributed by atoms with E-state index in [0.29, 0.717) is 29.0 Å². The zero-order chi connectivity index (χ0) is 24.2. The number of carbonyl (C=O) groups excluding carboxylic acids is 1. The topological polar surface area (TPSA) is 91.2 Å². The fourth-order valence-corrected chi connectivity index (χ4v) is 3.71. The molecule has 0 bridgehead atoms. The van der Waals surface area contributed by atoms with E-state index in [1.54, 1.807) is 42.1 Å². The maximum absolute atomic E-state index is 12.5. The lowest BCUT2D eigenvalue weighted by molar-refractivity contribution is -0.115. The van der Waals surface area contributed by atoms with Crippen molar-refractivity contribution >= 4 is 11.6 Å². The highest BCUT2D eigenvalue weighted by molar-refractivity contribution is 5.92. The number of aryl methyl sites for hydroxylation is 4. The number of nitrogens with one attached hydrogen (secondary N) is 1. The summed E-state index contributed by atoms with van der Waals surface area (Å²) in [5, 5.41) is 7.39. The predicted octanol–water partition coefficient (Wildman–Crippen LogP) is 4.88. The van der Waals surface area contributed by atoms with E-state index < -0.39 is 0 Å². The van der Waals surface area contributed by atoms with Gasteiger partial charge in [-0.05, 0) is 75.2 Å². The van der Waals surface area contributed by atoms with Gasteiger partial charge in [0.1, 0.15) is 17.3 Å². The molecule has 0 aliphatic heterocycles. The fourth-order valence-electron chi connectivity index (χ4n) is 3.71. The van der Waals surface area contributed by atoms with Crippen molar-refractivity contribution in [2.45, 2.75) is 34.1 Å². The first kappa shape index (κ1) is 23.0. The highest BCUT2D eigenvalue weighted by atomic mass is 16.5. The Kier molecular flexibility index (Phi) is 6.58. The van der Waals surface area contributed by atoms with E-state index in [0.717, 1.165) is 28.3 Å². The molecule has 2 heterocycles. The van der Waals surface area contributed by atoms with Crippen LogP contribution in [0.2, 0.25) is 0 Å². The summed E-state index contributed by atoms with van der Waals surface area (Å²) in [6.45, 7) is 7.68. The molecule has 4 aromatic rings. The minimum atomic E-state index is -0.0980. The Morgan fingerprint density at radius 3 is 2.38 bits per heavy atom. The van der Waals surface area contributed by atoms with Gasteiger partial charge in [0.2, 0.25) is 11.8 Å². The zero-order valence-electron chi connectivity index (χ0n) is 19.9. The van der Waals surface area contributed by atoms with Crippen molar-refractivity contribution in [3.63, 3.8) is 0 Å². The van der Waals surface area contributed by atoms with Crippen LogP contribution in [-0.4, -0.2) is 32.8 Å². The monoisotopic (exact) mass is 457 g/mol. The second kappa shape index (κ2) is 9.74. The van der Waals surface area contributed by atoms with Crippen LogP contribution >= 0.6 is 0 Å². The van der Waals surface area contributed by atoms with Crippen molar-refractivity contribution in [2.24, 2.45) is 0 Å². The Morgan fingerprint density at radius 1 is 0.971 bits per heavy atom. The van der Waals surface area contributed by atoms with Crippen molar-refractivity contribution in [3.8, 4) is 23.2 Å². The molecule has 4 rings (SSSR count). The summed E-state index contributed by atoms with van der Waals surface area (Å²) in [4.78, 5) is 21.3. The molecular weight excluding hydrogens is 430 g/mol. The maximum Gasteiger partial charge on any atom is 0.228 e. The standard InChI is InChI=1S/C26H27N5O3/c1-16-12-20(6-11-23(16)33-5)14-25(32)29-21-7-9-22(10-8-21)34-26-15-24(27-19(4)28-26)31-18(3)13-17(2)30-31/h6-13,15H,14H2,1-5H3,(H,29,32). The smallest absolute Gasteiger partial charge is 0.228 e. The molecule has 8 nitrogen and oxygen atoms in total. The van der Waals surface area contributed by atoms with Crippen LogP contribution in [0.15, 0.2) is 54.6 Å². The number of methoxy groups -OCH3 is 1. The average molecular weight is 458 g/mol. The normalized spacial score (nSPS) is 10.7. The van der Waals surface area contributed by atoms with Gasteiger partial charge in [-0.1, -0.05) is 12.1 Å². The third-order valence-corrected chi connectivity index (χ3v) is 5.21. The number of hydrogen-bond donors (Lipinski definition) is 1. The molecule has 8 heteroatoms. The van der Waals surface area contributed by atoms with Crippen LogP contribution in [0.25, 0.3) is 5.82 Å². The van der Waals surface area contributed by atoms with Gasteiger partial charge in [0, 0.05) is 17.4 Å². The van der Waals surface area contributed by atoms with Crippen molar-refractivity contribution in [2.75, 3.05) is 12.4 Å².